The van der Waals surface area contributed by atoms with Crippen LogP contribution in [0.4, 0.5) is 11.4 Å². The lowest BCUT2D eigenvalue weighted by Gasteiger charge is -2.05. The molecule has 0 fully saturated rings. The number of nitro groups is 1. The number of benzene rings is 1. The Morgan fingerprint density at radius 1 is 1.29 bits per heavy atom. The lowest BCUT2D eigenvalue weighted by Crippen LogP contribution is -2.09. The topological polar surface area (TPSA) is 135 Å². The van der Waals surface area contributed by atoms with Crippen molar-refractivity contribution < 1.29 is 23.4 Å². The van der Waals surface area contributed by atoms with Gasteiger partial charge in [-0.3, -0.25) is 10.1 Å². The molecule has 0 aliphatic heterocycles. The number of nitrogen functional groups attached to an aromatic ring is 1. The van der Waals surface area contributed by atoms with Gasteiger partial charge in [0.1, 0.15) is 12.3 Å². The number of hydrogen-bond acceptors (Lipinski definition) is 8. The summed E-state index contributed by atoms with van der Waals surface area (Å²) < 4.78 is 15.3. The lowest BCUT2D eigenvalue weighted by molar-refractivity contribution is -0.384. The van der Waals surface area contributed by atoms with E-state index in [0.29, 0.717) is 17.2 Å². The van der Waals surface area contributed by atoms with E-state index in [1.807, 2.05) is 0 Å². The fourth-order valence-electron chi connectivity index (χ4n) is 1.97. The van der Waals surface area contributed by atoms with Crippen LogP contribution < -0.4 is 5.73 Å². The number of hydrogen-bond donors (Lipinski definition) is 1. The highest BCUT2D eigenvalue weighted by Crippen LogP contribution is 2.23. The van der Waals surface area contributed by atoms with Gasteiger partial charge in [-0.2, -0.15) is 0 Å². The molecule has 0 amide bonds. The van der Waals surface area contributed by atoms with Crippen molar-refractivity contribution in [2.75, 3.05) is 5.73 Å². The highest BCUT2D eigenvalue weighted by Gasteiger charge is 2.17. The van der Waals surface area contributed by atoms with E-state index in [2.05, 4.69) is 5.16 Å². The SMILES string of the molecule is Nc1ccc([N+](=O)[O-])cc1C(=O)OCc1cc(-c2ccco2)on1. The Morgan fingerprint density at radius 3 is 2.83 bits per heavy atom. The molecule has 0 spiro atoms. The second-order valence-corrected chi connectivity index (χ2v) is 4.76. The number of ether oxygens (including phenoxy) is 1. The van der Waals surface area contributed by atoms with Gasteiger partial charge in [0.2, 0.25) is 5.76 Å². The van der Waals surface area contributed by atoms with Crippen LogP contribution in [0, 0.1) is 10.1 Å². The zero-order chi connectivity index (χ0) is 17.1. The Morgan fingerprint density at radius 2 is 2.12 bits per heavy atom. The predicted octanol–water partition coefficient (Wildman–Crippen LogP) is 2.78. The van der Waals surface area contributed by atoms with Crippen LogP contribution in [0.1, 0.15) is 16.1 Å². The summed E-state index contributed by atoms with van der Waals surface area (Å²) in [5, 5.41) is 14.5. The zero-order valence-corrected chi connectivity index (χ0v) is 12.2. The highest BCUT2D eigenvalue weighted by molar-refractivity contribution is 5.95. The molecule has 0 saturated heterocycles. The van der Waals surface area contributed by atoms with Crippen molar-refractivity contribution in [1.29, 1.82) is 0 Å². The van der Waals surface area contributed by atoms with Crippen molar-refractivity contribution in [3.8, 4) is 11.5 Å². The van der Waals surface area contributed by atoms with Crippen LogP contribution in [-0.2, 0) is 11.3 Å². The smallest absolute Gasteiger partial charge is 0.340 e. The third kappa shape index (κ3) is 3.09. The second-order valence-electron chi connectivity index (χ2n) is 4.76. The normalized spacial score (nSPS) is 10.5. The van der Waals surface area contributed by atoms with Crippen LogP contribution >= 0.6 is 0 Å². The number of nitrogens with two attached hydrogens (primary N) is 1. The Kier molecular flexibility index (Phi) is 3.98. The van der Waals surface area contributed by atoms with Gasteiger partial charge in [0, 0.05) is 23.9 Å². The first-order valence-electron chi connectivity index (χ1n) is 6.75. The van der Waals surface area contributed by atoms with Crippen molar-refractivity contribution in [2.45, 2.75) is 6.61 Å². The van der Waals surface area contributed by atoms with Gasteiger partial charge in [0.25, 0.3) is 5.69 Å². The maximum Gasteiger partial charge on any atom is 0.340 e. The standard InChI is InChI=1S/C15H11N3O6/c16-12-4-3-10(18(20)21)7-11(12)15(19)23-8-9-6-14(24-17-9)13-2-1-5-22-13/h1-7H,8,16H2. The molecule has 0 aliphatic rings. The Bertz CT molecular complexity index is 885. The molecule has 2 heterocycles. The fraction of sp³-hybridized carbons (Fsp3) is 0.0667. The molecule has 122 valence electrons. The number of carbonyl (C=O) groups is 1. The van der Waals surface area contributed by atoms with Crippen LogP contribution in [0.3, 0.4) is 0 Å². The van der Waals surface area contributed by atoms with E-state index in [-0.39, 0.29) is 23.5 Å². The molecule has 0 aliphatic carbocycles. The van der Waals surface area contributed by atoms with Gasteiger partial charge in [-0.1, -0.05) is 5.16 Å². The van der Waals surface area contributed by atoms with E-state index in [1.165, 1.54) is 18.4 Å². The summed E-state index contributed by atoms with van der Waals surface area (Å²) in [5.74, 6) is 0.0858. The summed E-state index contributed by atoms with van der Waals surface area (Å²) in [6.45, 7) is -0.175. The molecular weight excluding hydrogens is 318 g/mol. The van der Waals surface area contributed by atoms with Gasteiger partial charge in [0.15, 0.2) is 5.76 Å². The van der Waals surface area contributed by atoms with Crippen LogP contribution in [0.25, 0.3) is 11.5 Å². The van der Waals surface area contributed by atoms with E-state index in [0.717, 1.165) is 6.07 Å². The van der Waals surface area contributed by atoms with Crippen LogP contribution in [0.15, 0.2) is 51.6 Å². The van der Waals surface area contributed by atoms with Crippen molar-refractivity contribution in [2.24, 2.45) is 0 Å². The molecule has 0 atom stereocenters. The molecule has 2 aromatic heterocycles. The molecule has 3 aromatic rings. The van der Waals surface area contributed by atoms with Gasteiger partial charge in [-0.25, -0.2) is 4.79 Å². The van der Waals surface area contributed by atoms with E-state index in [1.54, 1.807) is 18.2 Å². The van der Waals surface area contributed by atoms with E-state index < -0.39 is 10.9 Å². The average molecular weight is 329 g/mol. The minimum atomic E-state index is -0.793. The van der Waals surface area contributed by atoms with Crippen molar-refractivity contribution >= 4 is 17.3 Å². The number of non-ortho nitro benzene ring substituents is 1. The van der Waals surface area contributed by atoms with E-state index in [9.17, 15) is 14.9 Å². The summed E-state index contributed by atoms with van der Waals surface area (Å²) in [7, 11) is 0. The number of esters is 1. The zero-order valence-electron chi connectivity index (χ0n) is 12.2. The third-order valence-corrected chi connectivity index (χ3v) is 3.14. The summed E-state index contributed by atoms with van der Waals surface area (Å²) in [6, 6.07) is 8.50. The number of anilines is 1. The van der Waals surface area contributed by atoms with Crippen molar-refractivity contribution in [3.05, 3.63) is 64.0 Å². The number of nitro benzene ring substituents is 1. The number of nitrogens with zero attached hydrogens (tertiary/aromatic N) is 2. The average Bonchev–Trinajstić information content (AvgIpc) is 3.24. The first-order valence-corrected chi connectivity index (χ1v) is 6.75. The van der Waals surface area contributed by atoms with Crippen LogP contribution in [-0.4, -0.2) is 16.0 Å². The Hall–Kier alpha value is -3.62. The summed E-state index contributed by atoms with van der Waals surface area (Å²) in [6.07, 6.45) is 1.49. The van der Waals surface area contributed by atoms with Gasteiger partial charge in [-0.15, -0.1) is 0 Å². The van der Waals surface area contributed by atoms with Gasteiger partial charge in [0.05, 0.1) is 16.7 Å². The second kappa shape index (κ2) is 6.24. The molecule has 0 unspecified atom stereocenters. The number of rotatable bonds is 5. The summed E-state index contributed by atoms with van der Waals surface area (Å²) in [5.41, 5.74) is 5.77. The minimum Gasteiger partial charge on any atom is -0.461 e. The highest BCUT2D eigenvalue weighted by atomic mass is 16.6. The molecule has 1 aromatic carbocycles. The van der Waals surface area contributed by atoms with Gasteiger partial charge in [-0.05, 0) is 18.2 Å². The lowest BCUT2D eigenvalue weighted by atomic mass is 10.1. The first-order chi connectivity index (χ1) is 11.5. The fourth-order valence-corrected chi connectivity index (χ4v) is 1.97. The van der Waals surface area contributed by atoms with Crippen LogP contribution in [0.5, 0.6) is 0 Å². The molecule has 0 bridgehead atoms. The third-order valence-electron chi connectivity index (χ3n) is 3.14. The van der Waals surface area contributed by atoms with E-state index >= 15 is 0 Å². The number of aromatic nitrogens is 1. The quantitative estimate of drug-likeness (QED) is 0.327. The minimum absolute atomic E-state index is 0.0843. The molecule has 0 saturated carbocycles. The monoisotopic (exact) mass is 329 g/mol. The molecule has 9 nitrogen and oxygen atoms in total. The largest absolute Gasteiger partial charge is 0.461 e. The Labute approximate surface area is 134 Å². The van der Waals surface area contributed by atoms with Crippen molar-refractivity contribution in [3.63, 3.8) is 0 Å². The summed E-state index contributed by atoms with van der Waals surface area (Å²) in [4.78, 5) is 22.2. The number of furan rings is 1. The summed E-state index contributed by atoms with van der Waals surface area (Å²) >= 11 is 0. The van der Waals surface area contributed by atoms with Gasteiger partial charge < -0.3 is 19.4 Å². The molecular formula is C15H11N3O6. The predicted molar refractivity (Wildman–Crippen MR) is 80.8 cm³/mol. The molecule has 2 N–H and O–H groups in total. The molecule has 9 heteroatoms. The number of carbonyl (C=O) groups excluding carboxylic acids is 1. The Balaban J connectivity index is 1.70. The van der Waals surface area contributed by atoms with E-state index in [4.69, 9.17) is 19.4 Å². The first kappa shape index (κ1) is 15.3. The molecule has 24 heavy (non-hydrogen) atoms. The molecule has 0 radical (unpaired) electrons. The maximum atomic E-state index is 12.0. The van der Waals surface area contributed by atoms with Crippen LogP contribution in [0.2, 0.25) is 0 Å². The van der Waals surface area contributed by atoms with Gasteiger partial charge >= 0.3 is 5.97 Å². The molecule has 3 rings (SSSR count). The maximum absolute atomic E-state index is 12.0. The van der Waals surface area contributed by atoms with Crippen molar-refractivity contribution in [1.82, 2.24) is 5.16 Å².